The van der Waals surface area contributed by atoms with Gasteiger partial charge >= 0.3 is 5.69 Å². The lowest BCUT2D eigenvalue weighted by Gasteiger charge is -2.54. The smallest absolute Gasteiger partial charge is 0.385 e. The molecule has 4 aromatic carbocycles. The number of hydrogen-bond acceptors (Lipinski definition) is 4. The van der Waals surface area contributed by atoms with Crippen LogP contribution in [0.1, 0.15) is 28.9 Å². The van der Waals surface area contributed by atoms with Crippen LogP contribution in [0.15, 0.2) is 109 Å². The second kappa shape index (κ2) is 9.35. The maximum absolute atomic E-state index is 13.5. The Morgan fingerprint density at radius 1 is 0.861 bits per heavy atom. The second-order valence-corrected chi connectivity index (χ2v) is 8.70. The maximum Gasteiger partial charge on any atom is 0.385 e. The van der Waals surface area contributed by atoms with Gasteiger partial charge in [-0.15, -0.1) is 0 Å². The first-order valence-corrected chi connectivity index (χ1v) is 11.5. The number of ether oxygens (including phenoxy) is 1. The molecule has 7 nitrogen and oxygen atoms in total. The van der Waals surface area contributed by atoms with Crippen LogP contribution in [0, 0.1) is 5.39 Å². The fourth-order valence-corrected chi connectivity index (χ4v) is 4.47. The minimum absolute atomic E-state index is 0.210. The van der Waals surface area contributed by atoms with Gasteiger partial charge in [-0.25, -0.2) is 0 Å². The molecule has 0 aliphatic carbocycles. The van der Waals surface area contributed by atoms with Gasteiger partial charge in [0.1, 0.15) is 17.0 Å². The third-order valence-corrected chi connectivity index (χ3v) is 6.30. The normalized spacial score (nSPS) is 18.6. The standard InChI is InChI=1S/C29H22N4O3/c1-29(31-27(34)21-12-16-22(32-30)17-13-21)26(33(28(29)35)23-8-4-2-5-9-23)20-14-18-25(19-15-20)36-24-10-6-3-7-11-24/h2-19,26H,1H3/p+1/t26-,29-/m1/s1. The van der Waals surface area contributed by atoms with Crippen molar-refractivity contribution in [2.24, 2.45) is 0 Å². The molecule has 176 valence electrons. The number of carbonyl (C=O) groups is 2. The number of rotatable bonds is 6. The number of para-hydroxylation sites is 2. The summed E-state index contributed by atoms with van der Waals surface area (Å²) < 4.78 is 5.91. The van der Waals surface area contributed by atoms with Gasteiger partial charge in [-0.1, -0.05) is 48.5 Å². The van der Waals surface area contributed by atoms with Crippen molar-refractivity contribution >= 4 is 23.2 Å². The molecular weight excluding hydrogens is 452 g/mol. The first kappa shape index (κ1) is 22.8. The first-order chi connectivity index (χ1) is 17.5. The maximum atomic E-state index is 13.5. The molecule has 0 unspecified atom stereocenters. The molecule has 1 aliphatic heterocycles. The van der Waals surface area contributed by atoms with Gasteiger partial charge < -0.3 is 10.1 Å². The van der Waals surface area contributed by atoms with Crippen LogP contribution in [-0.2, 0) is 4.79 Å². The number of β-lactam (4-membered cyclic amide) rings is 1. The molecule has 1 aliphatic rings. The molecule has 0 saturated carbocycles. The number of amides is 2. The van der Waals surface area contributed by atoms with E-state index < -0.39 is 17.5 Å². The molecule has 36 heavy (non-hydrogen) atoms. The Morgan fingerprint density at radius 3 is 2.06 bits per heavy atom. The molecule has 1 N–H and O–H groups in total. The molecule has 0 aromatic heterocycles. The van der Waals surface area contributed by atoms with Gasteiger partial charge in [0.25, 0.3) is 11.8 Å². The van der Waals surface area contributed by atoms with E-state index in [1.165, 1.54) is 12.1 Å². The Morgan fingerprint density at radius 2 is 1.44 bits per heavy atom. The number of nitrogens with zero attached hydrogens (tertiary/aromatic N) is 3. The third kappa shape index (κ3) is 4.17. The summed E-state index contributed by atoms with van der Waals surface area (Å²) in [7, 11) is 0. The molecule has 1 heterocycles. The predicted octanol–water partition coefficient (Wildman–Crippen LogP) is 6.24. The Kier molecular flexibility index (Phi) is 5.93. The van der Waals surface area contributed by atoms with E-state index in [1.54, 1.807) is 24.0 Å². The largest absolute Gasteiger partial charge is 0.457 e. The van der Waals surface area contributed by atoms with Crippen LogP contribution in [0.4, 0.5) is 11.4 Å². The Hall–Kier alpha value is -4.96. The van der Waals surface area contributed by atoms with Crippen LogP contribution in [0.2, 0.25) is 0 Å². The zero-order valence-electron chi connectivity index (χ0n) is 19.5. The van der Waals surface area contributed by atoms with Gasteiger partial charge in [-0.05, 0) is 61.0 Å². The zero-order valence-corrected chi connectivity index (χ0v) is 19.5. The van der Waals surface area contributed by atoms with E-state index in [2.05, 4.69) is 10.3 Å². The SMILES string of the molecule is C[C@]1(NC(=O)c2ccc([N+]#N)cc2)C(=O)N(c2ccccc2)[C@@H]1c1ccc(Oc2ccccc2)cc1. The number of nitrogens with one attached hydrogen (secondary N) is 1. The molecule has 0 spiro atoms. The van der Waals surface area contributed by atoms with E-state index in [4.69, 9.17) is 10.1 Å². The average Bonchev–Trinajstić information content (AvgIpc) is 2.93. The van der Waals surface area contributed by atoms with E-state index in [9.17, 15) is 9.59 Å². The summed E-state index contributed by atoms with van der Waals surface area (Å²) >= 11 is 0. The van der Waals surface area contributed by atoms with Crippen molar-refractivity contribution in [1.29, 1.82) is 5.39 Å². The molecule has 5 rings (SSSR count). The van der Waals surface area contributed by atoms with Gasteiger partial charge in [-0.2, -0.15) is 0 Å². The third-order valence-electron chi connectivity index (χ3n) is 6.30. The summed E-state index contributed by atoms with van der Waals surface area (Å²) in [4.78, 5) is 31.4. The first-order valence-electron chi connectivity index (χ1n) is 11.5. The van der Waals surface area contributed by atoms with Crippen molar-refractivity contribution < 1.29 is 14.3 Å². The second-order valence-electron chi connectivity index (χ2n) is 8.70. The highest BCUT2D eigenvalue weighted by molar-refractivity contribution is 6.12. The predicted molar refractivity (Wildman–Crippen MR) is 137 cm³/mol. The van der Waals surface area contributed by atoms with Crippen LogP contribution < -0.4 is 15.0 Å². The lowest BCUT2D eigenvalue weighted by atomic mass is 9.75. The monoisotopic (exact) mass is 475 g/mol. The lowest BCUT2D eigenvalue weighted by Crippen LogP contribution is -2.74. The van der Waals surface area contributed by atoms with Crippen molar-refractivity contribution in [3.8, 4) is 11.5 Å². The number of hydrogen-bond donors (Lipinski definition) is 1. The Bertz CT molecular complexity index is 1430. The topological polar surface area (TPSA) is 86.8 Å². The minimum atomic E-state index is -1.17. The highest BCUT2D eigenvalue weighted by atomic mass is 16.5. The van der Waals surface area contributed by atoms with Crippen molar-refractivity contribution in [2.75, 3.05) is 4.90 Å². The molecule has 0 radical (unpaired) electrons. The highest BCUT2D eigenvalue weighted by Gasteiger charge is 2.59. The summed E-state index contributed by atoms with van der Waals surface area (Å²) in [5.41, 5.74) is 1.13. The molecule has 1 saturated heterocycles. The molecule has 0 bridgehead atoms. The van der Waals surface area contributed by atoms with Crippen molar-refractivity contribution in [1.82, 2.24) is 5.32 Å². The molecule has 1 fully saturated rings. The van der Waals surface area contributed by atoms with Crippen LogP contribution >= 0.6 is 0 Å². The fraction of sp³-hybridized carbons (Fsp3) is 0.103. The fourth-order valence-electron chi connectivity index (χ4n) is 4.47. The average molecular weight is 476 g/mol. The summed E-state index contributed by atoms with van der Waals surface area (Å²) in [6, 6.07) is 32.1. The highest BCUT2D eigenvalue weighted by Crippen LogP contribution is 2.46. The van der Waals surface area contributed by atoms with Crippen molar-refractivity contribution in [2.45, 2.75) is 18.5 Å². The molecule has 7 heteroatoms. The minimum Gasteiger partial charge on any atom is -0.457 e. The molecular formula is C29H23N4O3+. The summed E-state index contributed by atoms with van der Waals surface area (Å²) in [5, 5.41) is 11.8. The Labute approximate surface area is 208 Å². The van der Waals surface area contributed by atoms with E-state index >= 15 is 0 Å². The van der Waals surface area contributed by atoms with Gasteiger partial charge in [0, 0.05) is 23.4 Å². The van der Waals surface area contributed by atoms with Gasteiger partial charge in [0.05, 0.1) is 6.04 Å². The summed E-state index contributed by atoms with van der Waals surface area (Å²) in [5.74, 6) is 0.796. The van der Waals surface area contributed by atoms with Gasteiger partial charge in [0.2, 0.25) is 5.39 Å². The zero-order chi connectivity index (χ0) is 25.1. The van der Waals surface area contributed by atoms with E-state index in [-0.39, 0.29) is 5.91 Å². The van der Waals surface area contributed by atoms with Crippen LogP contribution in [0.25, 0.3) is 4.98 Å². The van der Waals surface area contributed by atoms with E-state index in [0.717, 1.165) is 17.0 Å². The summed E-state index contributed by atoms with van der Waals surface area (Å²) in [6.07, 6.45) is 0. The van der Waals surface area contributed by atoms with Crippen LogP contribution in [0.3, 0.4) is 0 Å². The van der Waals surface area contributed by atoms with Crippen molar-refractivity contribution in [3.05, 3.63) is 125 Å². The number of carbonyl (C=O) groups excluding carboxylic acids is 2. The quantitative estimate of drug-likeness (QED) is 0.264. The number of diazo groups is 1. The summed E-state index contributed by atoms with van der Waals surface area (Å²) in [6.45, 7) is 1.74. The van der Waals surface area contributed by atoms with Crippen LogP contribution in [0.5, 0.6) is 11.5 Å². The molecule has 4 aromatic rings. The molecule has 2 amide bonds. The van der Waals surface area contributed by atoms with Crippen molar-refractivity contribution in [3.63, 3.8) is 0 Å². The number of benzene rings is 4. The number of anilines is 1. The van der Waals surface area contributed by atoms with E-state index in [1.807, 2.05) is 84.9 Å². The van der Waals surface area contributed by atoms with Crippen LogP contribution in [-0.4, -0.2) is 17.4 Å². The Balaban J connectivity index is 1.45. The van der Waals surface area contributed by atoms with Gasteiger partial charge in [0.15, 0.2) is 4.98 Å². The molecule has 2 atom stereocenters. The van der Waals surface area contributed by atoms with Gasteiger partial charge in [-0.3, -0.25) is 14.5 Å². The van der Waals surface area contributed by atoms with E-state index in [0.29, 0.717) is 17.0 Å². The lowest BCUT2D eigenvalue weighted by molar-refractivity contribution is -0.133.